The van der Waals surface area contributed by atoms with Crippen LogP contribution in [0.3, 0.4) is 0 Å². The molecule has 4 nitrogen and oxygen atoms in total. The van der Waals surface area contributed by atoms with Crippen LogP contribution in [-0.2, 0) is 0 Å². The van der Waals surface area contributed by atoms with Gasteiger partial charge < -0.3 is 20.1 Å². The molecule has 96 valence electrons. The van der Waals surface area contributed by atoms with E-state index >= 15 is 0 Å². The van der Waals surface area contributed by atoms with Crippen molar-refractivity contribution in [1.29, 1.82) is 0 Å². The minimum Gasteiger partial charge on any atom is -0.491 e. The second-order valence-electron chi connectivity index (χ2n) is 4.04. The summed E-state index contributed by atoms with van der Waals surface area (Å²) >= 11 is 0. The van der Waals surface area contributed by atoms with Crippen molar-refractivity contribution >= 4 is 0 Å². The molecule has 0 unspecified atom stereocenters. The van der Waals surface area contributed by atoms with E-state index in [2.05, 4.69) is 0 Å². The third kappa shape index (κ3) is 4.00. The molecule has 2 atom stereocenters. The molecule has 4 heteroatoms. The number of rotatable bonds is 7. The van der Waals surface area contributed by atoms with Gasteiger partial charge in [0.15, 0.2) is 0 Å². The van der Waals surface area contributed by atoms with Gasteiger partial charge in [-0.2, -0.15) is 0 Å². The van der Waals surface area contributed by atoms with Crippen molar-refractivity contribution in [1.82, 2.24) is 0 Å². The molecule has 0 aliphatic heterocycles. The van der Waals surface area contributed by atoms with Crippen LogP contribution in [0.5, 0.6) is 5.75 Å². The molecule has 1 aromatic carbocycles. The van der Waals surface area contributed by atoms with E-state index in [0.29, 0.717) is 17.7 Å². The van der Waals surface area contributed by atoms with E-state index < -0.39 is 6.10 Å². The van der Waals surface area contributed by atoms with Crippen molar-refractivity contribution in [2.24, 2.45) is 5.92 Å². The van der Waals surface area contributed by atoms with Crippen molar-refractivity contribution in [3.8, 4) is 5.75 Å². The zero-order valence-electron chi connectivity index (χ0n) is 10.0. The fourth-order valence-electron chi connectivity index (χ4n) is 1.68. The second-order valence-corrected chi connectivity index (χ2v) is 4.04. The Morgan fingerprint density at radius 2 is 1.88 bits per heavy atom. The largest absolute Gasteiger partial charge is 0.491 e. The first kappa shape index (κ1) is 14.0. The molecule has 1 aromatic rings. The molecule has 0 aliphatic carbocycles. The minimum atomic E-state index is -0.669. The van der Waals surface area contributed by atoms with Gasteiger partial charge in [-0.15, -0.1) is 0 Å². The highest BCUT2D eigenvalue weighted by atomic mass is 16.5. The first-order valence-electron chi connectivity index (χ1n) is 5.82. The van der Waals surface area contributed by atoms with Crippen LogP contribution in [0.15, 0.2) is 24.3 Å². The van der Waals surface area contributed by atoms with Crippen LogP contribution >= 0.6 is 0 Å². The molecule has 0 saturated carbocycles. The van der Waals surface area contributed by atoms with Gasteiger partial charge >= 0.3 is 0 Å². The summed E-state index contributed by atoms with van der Waals surface area (Å²) in [5, 5.41) is 27.7. The van der Waals surface area contributed by atoms with Gasteiger partial charge in [-0.1, -0.05) is 25.1 Å². The van der Waals surface area contributed by atoms with Crippen molar-refractivity contribution < 1.29 is 20.1 Å². The average molecular weight is 240 g/mol. The molecule has 0 aromatic heterocycles. The highest BCUT2D eigenvalue weighted by Crippen LogP contribution is 2.31. The fourth-order valence-corrected chi connectivity index (χ4v) is 1.68. The molecule has 1 rings (SSSR count). The van der Waals surface area contributed by atoms with Gasteiger partial charge in [-0.3, -0.25) is 0 Å². The van der Waals surface area contributed by atoms with E-state index in [9.17, 15) is 5.11 Å². The highest BCUT2D eigenvalue weighted by Gasteiger charge is 2.19. The Hall–Kier alpha value is -1.10. The zero-order chi connectivity index (χ0) is 12.7. The first-order valence-corrected chi connectivity index (χ1v) is 5.82. The van der Waals surface area contributed by atoms with E-state index in [0.717, 1.165) is 0 Å². The van der Waals surface area contributed by atoms with Crippen LogP contribution in [0.25, 0.3) is 0 Å². The standard InChI is InChI=1S/C13H20O4/c1-10(6-7-14)13(16)11-4-2-3-5-12(11)17-9-8-15/h2-5,10,13-16H,6-9H2,1H3/t10-,13-/m0/s1. The SMILES string of the molecule is C[C@@H](CCO)[C@H](O)c1ccccc1OCCO. The van der Waals surface area contributed by atoms with Gasteiger partial charge in [-0.05, 0) is 18.4 Å². The van der Waals surface area contributed by atoms with E-state index in [1.165, 1.54) is 0 Å². The maximum absolute atomic E-state index is 10.1. The zero-order valence-corrected chi connectivity index (χ0v) is 10.0. The smallest absolute Gasteiger partial charge is 0.125 e. The summed E-state index contributed by atoms with van der Waals surface area (Å²) in [6, 6.07) is 7.21. The predicted molar refractivity (Wildman–Crippen MR) is 64.8 cm³/mol. The van der Waals surface area contributed by atoms with Crippen LogP contribution in [-0.4, -0.2) is 35.1 Å². The maximum Gasteiger partial charge on any atom is 0.125 e. The van der Waals surface area contributed by atoms with Gasteiger partial charge in [0.1, 0.15) is 12.4 Å². The number of para-hydroxylation sites is 1. The second kappa shape index (κ2) is 7.27. The van der Waals surface area contributed by atoms with Gasteiger partial charge in [-0.25, -0.2) is 0 Å². The van der Waals surface area contributed by atoms with Crippen LogP contribution in [0.2, 0.25) is 0 Å². The number of hydrogen-bond acceptors (Lipinski definition) is 4. The lowest BCUT2D eigenvalue weighted by Crippen LogP contribution is -2.13. The molecule has 3 N–H and O–H groups in total. The number of hydrogen-bond donors (Lipinski definition) is 3. The fraction of sp³-hybridized carbons (Fsp3) is 0.538. The van der Waals surface area contributed by atoms with Gasteiger partial charge in [0, 0.05) is 12.2 Å². The van der Waals surface area contributed by atoms with Crippen LogP contribution in [0.1, 0.15) is 25.0 Å². The lowest BCUT2D eigenvalue weighted by atomic mass is 9.94. The summed E-state index contributed by atoms with van der Waals surface area (Å²) in [6.45, 7) is 2.08. The Labute approximate surface area is 101 Å². The Bertz CT molecular complexity index is 327. The summed E-state index contributed by atoms with van der Waals surface area (Å²) in [4.78, 5) is 0. The number of ether oxygens (including phenoxy) is 1. The lowest BCUT2D eigenvalue weighted by Gasteiger charge is -2.21. The van der Waals surface area contributed by atoms with E-state index in [1.807, 2.05) is 19.1 Å². The molecular weight excluding hydrogens is 220 g/mol. The Morgan fingerprint density at radius 1 is 1.18 bits per heavy atom. The Kier molecular flexibility index (Phi) is 5.97. The van der Waals surface area contributed by atoms with Crippen molar-refractivity contribution in [3.05, 3.63) is 29.8 Å². The number of aliphatic hydroxyl groups is 3. The summed E-state index contributed by atoms with van der Waals surface area (Å²) in [6.07, 6.45) is -0.132. The lowest BCUT2D eigenvalue weighted by molar-refractivity contribution is 0.0945. The summed E-state index contributed by atoms with van der Waals surface area (Å²) in [7, 11) is 0. The minimum absolute atomic E-state index is 0.0427. The Balaban J connectivity index is 2.80. The third-order valence-electron chi connectivity index (χ3n) is 2.71. The van der Waals surface area contributed by atoms with E-state index in [4.69, 9.17) is 14.9 Å². The number of benzene rings is 1. The topological polar surface area (TPSA) is 69.9 Å². The van der Waals surface area contributed by atoms with Gasteiger partial charge in [0.25, 0.3) is 0 Å². The molecule has 17 heavy (non-hydrogen) atoms. The Morgan fingerprint density at radius 3 is 2.53 bits per heavy atom. The van der Waals surface area contributed by atoms with Crippen molar-refractivity contribution in [3.63, 3.8) is 0 Å². The van der Waals surface area contributed by atoms with Gasteiger partial charge in [0.05, 0.1) is 12.7 Å². The molecule has 0 saturated heterocycles. The average Bonchev–Trinajstić information content (AvgIpc) is 2.36. The van der Waals surface area contributed by atoms with Crippen LogP contribution < -0.4 is 4.74 Å². The molecule has 0 fully saturated rings. The number of aliphatic hydroxyl groups excluding tert-OH is 3. The molecule has 0 spiro atoms. The van der Waals surface area contributed by atoms with E-state index in [-0.39, 0.29) is 25.7 Å². The van der Waals surface area contributed by atoms with Gasteiger partial charge in [0.2, 0.25) is 0 Å². The van der Waals surface area contributed by atoms with Crippen LogP contribution in [0, 0.1) is 5.92 Å². The molecule has 0 bridgehead atoms. The summed E-state index contributed by atoms with van der Waals surface area (Å²) in [5.74, 6) is 0.540. The van der Waals surface area contributed by atoms with Crippen molar-refractivity contribution in [2.45, 2.75) is 19.4 Å². The predicted octanol–water partition coefficient (Wildman–Crippen LogP) is 1.11. The van der Waals surface area contributed by atoms with Crippen LogP contribution in [0.4, 0.5) is 0 Å². The van der Waals surface area contributed by atoms with E-state index in [1.54, 1.807) is 12.1 Å². The monoisotopic (exact) mass is 240 g/mol. The molecule has 0 aliphatic rings. The summed E-state index contributed by atoms with van der Waals surface area (Å²) in [5.41, 5.74) is 0.696. The highest BCUT2D eigenvalue weighted by molar-refractivity contribution is 5.35. The van der Waals surface area contributed by atoms with Crippen molar-refractivity contribution in [2.75, 3.05) is 19.8 Å². The normalized spacial score (nSPS) is 14.4. The maximum atomic E-state index is 10.1. The summed E-state index contributed by atoms with van der Waals surface area (Å²) < 4.78 is 5.36. The molecular formula is C13H20O4. The molecule has 0 radical (unpaired) electrons. The quantitative estimate of drug-likeness (QED) is 0.667. The first-order chi connectivity index (χ1) is 8.20. The molecule has 0 amide bonds. The molecule has 0 heterocycles. The third-order valence-corrected chi connectivity index (χ3v) is 2.71.